The summed E-state index contributed by atoms with van der Waals surface area (Å²) in [5.41, 5.74) is 2.88. The van der Waals surface area contributed by atoms with Crippen LogP contribution in [-0.2, 0) is 13.6 Å². The van der Waals surface area contributed by atoms with Crippen LogP contribution in [0.3, 0.4) is 0 Å². The number of amides is 1. The molecule has 0 saturated heterocycles. The van der Waals surface area contributed by atoms with Crippen LogP contribution < -0.4 is 5.32 Å². The Balaban J connectivity index is 2.01. The second-order valence-corrected chi connectivity index (χ2v) is 5.19. The molecule has 0 atom stereocenters. The van der Waals surface area contributed by atoms with Crippen molar-refractivity contribution in [3.8, 4) is 0 Å². The van der Waals surface area contributed by atoms with Crippen LogP contribution in [0.5, 0.6) is 0 Å². The monoisotopic (exact) mass is 306 g/mol. The molecule has 0 radical (unpaired) electrons. The second kappa shape index (κ2) is 5.40. The number of aromatic nitrogens is 1. The molecule has 18 heavy (non-hydrogen) atoms. The summed E-state index contributed by atoms with van der Waals surface area (Å²) in [7, 11) is 1.96. The van der Waals surface area contributed by atoms with Crippen LogP contribution in [0, 0.1) is 6.92 Å². The SMILES string of the molecule is Cc1ccc(C(=O)NCc2ccn(C)c2)cc1Br. The van der Waals surface area contributed by atoms with Crippen molar-refractivity contribution in [2.45, 2.75) is 13.5 Å². The first kappa shape index (κ1) is 12.9. The van der Waals surface area contributed by atoms with Gasteiger partial charge in [-0.2, -0.15) is 0 Å². The van der Waals surface area contributed by atoms with E-state index >= 15 is 0 Å². The largest absolute Gasteiger partial charge is 0.357 e. The zero-order chi connectivity index (χ0) is 13.1. The van der Waals surface area contributed by atoms with Gasteiger partial charge >= 0.3 is 0 Å². The third-order valence-corrected chi connectivity index (χ3v) is 3.63. The Kier molecular flexibility index (Phi) is 3.87. The van der Waals surface area contributed by atoms with Gasteiger partial charge in [0.05, 0.1) is 0 Å². The fraction of sp³-hybridized carbons (Fsp3) is 0.214. The highest BCUT2D eigenvalue weighted by Gasteiger charge is 2.07. The lowest BCUT2D eigenvalue weighted by Crippen LogP contribution is -2.22. The maximum atomic E-state index is 11.9. The topological polar surface area (TPSA) is 34.0 Å². The summed E-state index contributed by atoms with van der Waals surface area (Å²) in [6, 6.07) is 7.60. The molecule has 1 amide bonds. The van der Waals surface area contributed by atoms with Crippen LogP contribution in [0.25, 0.3) is 0 Å². The molecule has 1 N–H and O–H groups in total. The lowest BCUT2D eigenvalue weighted by molar-refractivity contribution is 0.0951. The van der Waals surface area contributed by atoms with Crippen LogP contribution in [0.1, 0.15) is 21.5 Å². The van der Waals surface area contributed by atoms with Gasteiger partial charge in [0.15, 0.2) is 0 Å². The number of nitrogens with one attached hydrogen (secondary N) is 1. The number of hydrogen-bond donors (Lipinski definition) is 1. The average Bonchev–Trinajstić information content (AvgIpc) is 2.75. The summed E-state index contributed by atoms with van der Waals surface area (Å²) in [6.45, 7) is 2.54. The lowest BCUT2D eigenvalue weighted by atomic mass is 10.1. The minimum Gasteiger partial charge on any atom is -0.357 e. The molecular formula is C14H15BrN2O. The van der Waals surface area contributed by atoms with E-state index in [0.717, 1.165) is 15.6 Å². The molecule has 1 aromatic carbocycles. The summed E-state index contributed by atoms with van der Waals surface area (Å²) in [4.78, 5) is 11.9. The maximum Gasteiger partial charge on any atom is 0.251 e. The summed E-state index contributed by atoms with van der Waals surface area (Å²) < 4.78 is 2.92. The number of aryl methyl sites for hydroxylation is 2. The molecule has 94 valence electrons. The first-order chi connectivity index (χ1) is 8.56. The highest BCUT2D eigenvalue weighted by atomic mass is 79.9. The summed E-state index contributed by atoms with van der Waals surface area (Å²) in [5, 5.41) is 2.90. The van der Waals surface area contributed by atoms with Crippen LogP contribution in [0.4, 0.5) is 0 Å². The van der Waals surface area contributed by atoms with E-state index in [0.29, 0.717) is 12.1 Å². The average molecular weight is 307 g/mol. The molecule has 0 saturated carbocycles. The summed E-state index contributed by atoms with van der Waals surface area (Å²) >= 11 is 3.43. The van der Waals surface area contributed by atoms with Crippen molar-refractivity contribution < 1.29 is 4.79 Å². The number of rotatable bonds is 3. The maximum absolute atomic E-state index is 11.9. The molecule has 4 heteroatoms. The van der Waals surface area contributed by atoms with E-state index in [9.17, 15) is 4.79 Å². The van der Waals surface area contributed by atoms with E-state index in [1.165, 1.54) is 0 Å². The zero-order valence-corrected chi connectivity index (χ0v) is 12.0. The van der Waals surface area contributed by atoms with Crippen LogP contribution in [0.2, 0.25) is 0 Å². The Bertz CT molecular complexity index is 575. The number of benzene rings is 1. The second-order valence-electron chi connectivity index (χ2n) is 4.33. The summed E-state index contributed by atoms with van der Waals surface area (Å²) in [6.07, 6.45) is 3.95. The minimum atomic E-state index is -0.0560. The molecule has 0 unspecified atom stereocenters. The van der Waals surface area contributed by atoms with Gasteiger partial charge in [0, 0.05) is 36.0 Å². The van der Waals surface area contributed by atoms with E-state index < -0.39 is 0 Å². The van der Waals surface area contributed by atoms with Crippen molar-refractivity contribution in [3.63, 3.8) is 0 Å². The Labute approximate surface area is 115 Å². The molecule has 0 aliphatic rings. The van der Waals surface area contributed by atoms with Gasteiger partial charge in [-0.25, -0.2) is 0 Å². The fourth-order valence-corrected chi connectivity index (χ4v) is 2.06. The van der Waals surface area contributed by atoms with Gasteiger partial charge in [-0.1, -0.05) is 22.0 Å². The van der Waals surface area contributed by atoms with E-state index in [4.69, 9.17) is 0 Å². The fourth-order valence-electron chi connectivity index (χ4n) is 1.68. The quantitative estimate of drug-likeness (QED) is 0.929. The van der Waals surface area contributed by atoms with Crippen LogP contribution in [-0.4, -0.2) is 10.5 Å². The third-order valence-electron chi connectivity index (χ3n) is 2.78. The molecule has 3 nitrogen and oxygen atoms in total. The predicted octanol–water partition coefficient (Wildman–Crippen LogP) is 3.03. The molecule has 0 spiro atoms. The number of halogens is 1. The van der Waals surface area contributed by atoms with Crippen molar-refractivity contribution in [2.24, 2.45) is 7.05 Å². The van der Waals surface area contributed by atoms with Gasteiger partial charge in [0.1, 0.15) is 0 Å². The van der Waals surface area contributed by atoms with Crippen LogP contribution >= 0.6 is 15.9 Å². The van der Waals surface area contributed by atoms with E-state index in [1.54, 1.807) is 0 Å². The van der Waals surface area contributed by atoms with E-state index in [1.807, 2.05) is 55.2 Å². The Morgan fingerprint density at radius 1 is 1.39 bits per heavy atom. The lowest BCUT2D eigenvalue weighted by Gasteiger charge is -2.05. The molecule has 1 aromatic heterocycles. The smallest absolute Gasteiger partial charge is 0.251 e. The van der Waals surface area contributed by atoms with Gasteiger partial charge < -0.3 is 9.88 Å². The molecule has 0 bridgehead atoms. The highest BCUT2D eigenvalue weighted by molar-refractivity contribution is 9.10. The van der Waals surface area contributed by atoms with Crippen LogP contribution in [0.15, 0.2) is 41.1 Å². The normalized spacial score (nSPS) is 10.4. The minimum absolute atomic E-state index is 0.0560. The molecule has 2 aromatic rings. The molecule has 0 aliphatic carbocycles. The molecule has 2 rings (SSSR count). The van der Waals surface area contributed by atoms with Crippen molar-refractivity contribution >= 4 is 21.8 Å². The number of hydrogen-bond acceptors (Lipinski definition) is 1. The van der Waals surface area contributed by atoms with Crippen molar-refractivity contribution in [1.82, 2.24) is 9.88 Å². The highest BCUT2D eigenvalue weighted by Crippen LogP contribution is 2.17. The first-order valence-corrected chi connectivity index (χ1v) is 6.51. The molecule has 1 heterocycles. The standard InChI is InChI=1S/C14H15BrN2O/c1-10-3-4-12(7-13(10)15)14(18)16-8-11-5-6-17(2)9-11/h3-7,9H,8H2,1-2H3,(H,16,18). The van der Waals surface area contributed by atoms with Gasteiger partial charge in [-0.05, 0) is 36.2 Å². The van der Waals surface area contributed by atoms with Gasteiger partial charge in [0.2, 0.25) is 0 Å². The number of carbonyl (C=O) groups excluding carboxylic acids is 1. The number of carbonyl (C=O) groups is 1. The van der Waals surface area contributed by atoms with Crippen molar-refractivity contribution in [3.05, 3.63) is 57.8 Å². The first-order valence-electron chi connectivity index (χ1n) is 5.71. The van der Waals surface area contributed by atoms with Crippen molar-refractivity contribution in [1.29, 1.82) is 0 Å². The van der Waals surface area contributed by atoms with E-state index in [2.05, 4.69) is 21.2 Å². The van der Waals surface area contributed by atoms with Crippen molar-refractivity contribution in [2.75, 3.05) is 0 Å². The molecule has 0 aliphatic heterocycles. The van der Waals surface area contributed by atoms with Gasteiger partial charge in [-0.15, -0.1) is 0 Å². The summed E-state index contributed by atoms with van der Waals surface area (Å²) in [5.74, 6) is -0.0560. The molecule has 0 fully saturated rings. The van der Waals surface area contributed by atoms with Gasteiger partial charge in [0.25, 0.3) is 5.91 Å². The zero-order valence-electron chi connectivity index (χ0n) is 10.4. The Morgan fingerprint density at radius 3 is 2.78 bits per heavy atom. The number of nitrogens with zero attached hydrogens (tertiary/aromatic N) is 1. The van der Waals surface area contributed by atoms with E-state index in [-0.39, 0.29) is 5.91 Å². The Morgan fingerprint density at radius 2 is 2.17 bits per heavy atom. The Hall–Kier alpha value is -1.55. The predicted molar refractivity (Wildman–Crippen MR) is 75.5 cm³/mol. The van der Waals surface area contributed by atoms with Gasteiger partial charge in [-0.3, -0.25) is 4.79 Å². The molecular weight excluding hydrogens is 292 g/mol. The third kappa shape index (κ3) is 3.01.